The molecule has 0 aromatic heterocycles. The predicted octanol–water partition coefficient (Wildman–Crippen LogP) is 3.12. The van der Waals surface area contributed by atoms with Crippen molar-refractivity contribution in [2.24, 2.45) is 5.92 Å². The average molecular weight is 259 g/mol. The maximum Gasteiger partial charge on any atom is 0.265 e. The van der Waals surface area contributed by atoms with Crippen molar-refractivity contribution in [2.45, 2.75) is 39.0 Å². The van der Waals surface area contributed by atoms with Gasteiger partial charge in [0.25, 0.3) is 5.91 Å². The number of ether oxygens (including phenoxy) is 1. The third-order valence-corrected chi connectivity index (χ3v) is 3.91. The smallest absolute Gasteiger partial charge is 0.265 e. The maximum atomic E-state index is 12.0. The molecule has 1 aliphatic carbocycles. The Morgan fingerprint density at radius 1 is 1.32 bits per heavy atom. The maximum absolute atomic E-state index is 12.0. The molecule has 3 rings (SSSR count). The molecule has 0 radical (unpaired) electrons. The van der Waals surface area contributed by atoms with E-state index in [4.69, 9.17) is 4.74 Å². The molecule has 0 bridgehead atoms. The average Bonchev–Trinajstić information content (AvgIpc) is 3.15. The number of hydrogen-bond acceptors (Lipinski definition) is 2. The summed E-state index contributed by atoms with van der Waals surface area (Å²) in [7, 11) is 0. The Morgan fingerprint density at radius 2 is 2.05 bits per heavy atom. The van der Waals surface area contributed by atoms with Crippen molar-refractivity contribution in [1.29, 1.82) is 0 Å². The first kappa shape index (κ1) is 12.5. The highest BCUT2D eigenvalue weighted by atomic mass is 16.5. The third-order valence-electron chi connectivity index (χ3n) is 3.91. The van der Waals surface area contributed by atoms with Crippen molar-refractivity contribution < 1.29 is 9.53 Å². The fraction of sp³-hybridized carbons (Fsp3) is 0.562. The molecule has 1 aliphatic heterocycles. The first-order chi connectivity index (χ1) is 8.95. The summed E-state index contributed by atoms with van der Waals surface area (Å²) in [5.74, 6) is 1.63. The van der Waals surface area contributed by atoms with Crippen LogP contribution in [0, 0.1) is 5.92 Å². The van der Waals surface area contributed by atoms with Crippen molar-refractivity contribution in [3.63, 3.8) is 0 Å². The molecule has 2 aliphatic rings. The van der Waals surface area contributed by atoms with Crippen LogP contribution in [0.2, 0.25) is 0 Å². The quantitative estimate of drug-likeness (QED) is 0.816. The Hall–Kier alpha value is -1.51. The molecule has 3 heteroatoms. The number of rotatable bonds is 2. The van der Waals surface area contributed by atoms with Crippen LogP contribution in [0.25, 0.3) is 0 Å². The van der Waals surface area contributed by atoms with Crippen molar-refractivity contribution in [3.05, 3.63) is 23.8 Å². The molecule has 19 heavy (non-hydrogen) atoms. The summed E-state index contributed by atoms with van der Waals surface area (Å²) in [5.41, 5.74) is 2.28. The summed E-state index contributed by atoms with van der Waals surface area (Å²) in [6.45, 7) is 7.58. The van der Waals surface area contributed by atoms with E-state index in [1.54, 1.807) is 0 Å². The summed E-state index contributed by atoms with van der Waals surface area (Å²) in [4.78, 5) is 13.9. The van der Waals surface area contributed by atoms with Crippen molar-refractivity contribution in [2.75, 3.05) is 18.1 Å². The molecule has 0 unspecified atom stereocenters. The summed E-state index contributed by atoms with van der Waals surface area (Å²) < 4.78 is 5.61. The van der Waals surface area contributed by atoms with Gasteiger partial charge in [0, 0.05) is 6.54 Å². The van der Waals surface area contributed by atoms with Crippen LogP contribution in [0.4, 0.5) is 5.69 Å². The molecular formula is C16H21NO2. The van der Waals surface area contributed by atoms with Crippen molar-refractivity contribution in [3.8, 4) is 5.75 Å². The van der Waals surface area contributed by atoms with E-state index in [1.165, 1.54) is 18.4 Å². The van der Waals surface area contributed by atoms with Gasteiger partial charge in [-0.2, -0.15) is 0 Å². The Labute approximate surface area is 114 Å². The minimum atomic E-state index is 0.0860. The van der Waals surface area contributed by atoms with Gasteiger partial charge in [0.1, 0.15) is 5.75 Å². The standard InChI is InChI=1S/C16H21NO2/c1-16(2,3)12-6-7-13-14(8-12)19-10-15(18)17(13)9-11-4-5-11/h6-8,11H,4-5,9-10H2,1-3H3. The summed E-state index contributed by atoms with van der Waals surface area (Å²) >= 11 is 0. The second-order valence-electron chi connectivity index (χ2n) is 6.67. The van der Waals surface area contributed by atoms with E-state index in [-0.39, 0.29) is 17.9 Å². The summed E-state index contributed by atoms with van der Waals surface area (Å²) in [6, 6.07) is 6.23. The van der Waals surface area contributed by atoms with E-state index in [9.17, 15) is 4.79 Å². The lowest BCUT2D eigenvalue weighted by molar-refractivity contribution is -0.121. The van der Waals surface area contributed by atoms with Gasteiger partial charge in [-0.15, -0.1) is 0 Å². The van der Waals surface area contributed by atoms with Gasteiger partial charge in [0.05, 0.1) is 5.69 Å². The minimum absolute atomic E-state index is 0.0860. The van der Waals surface area contributed by atoms with Gasteiger partial charge in [-0.1, -0.05) is 26.8 Å². The van der Waals surface area contributed by atoms with E-state index in [2.05, 4.69) is 32.9 Å². The fourth-order valence-electron chi connectivity index (χ4n) is 2.43. The van der Waals surface area contributed by atoms with Crippen LogP contribution in [0.5, 0.6) is 5.75 Å². The molecule has 1 aromatic rings. The van der Waals surface area contributed by atoms with Crippen LogP contribution in [0.1, 0.15) is 39.2 Å². The van der Waals surface area contributed by atoms with Gasteiger partial charge < -0.3 is 9.64 Å². The molecular weight excluding hydrogens is 238 g/mol. The minimum Gasteiger partial charge on any atom is -0.482 e. The van der Waals surface area contributed by atoms with Gasteiger partial charge in [0.15, 0.2) is 6.61 Å². The van der Waals surface area contributed by atoms with Crippen LogP contribution < -0.4 is 9.64 Å². The van der Waals surface area contributed by atoms with Crippen molar-refractivity contribution in [1.82, 2.24) is 0 Å². The topological polar surface area (TPSA) is 29.5 Å². The van der Waals surface area contributed by atoms with Gasteiger partial charge in [0.2, 0.25) is 0 Å². The zero-order valence-electron chi connectivity index (χ0n) is 11.9. The molecule has 1 fully saturated rings. The SMILES string of the molecule is CC(C)(C)c1ccc2c(c1)OCC(=O)N2CC1CC1. The number of nitrogens with zero attached hydrogens (tertiary/aromatic N) is 1. The number of amides is 1. The fourth-order valence-corrected chi connectivity index (χ4v) is 2.43. The Bertz CT molecular complexity index is 512. The van der Waals surface area contributed by atoms with E-state index in [0.29, 0.717) is 5.92 Å². The predicted molar refractivity (Wildman–Crippen MR) is 75.7 cm³/mol. The zero-order chi connectivity index (χ0) is 13.6. The van der Waals surface area contributed by atoms with Gasteiger partial charge >= 0.3 is 0 Å². The molecule has 102 valence electrons. The number of hydrogen-bond donors (Lipinski definition) is 0. The summed E-state index contributed by atoms with van der Waals surface area (Å²) in [5, 5.41) is 0. The highest BCUT2D eigenvalue weighted by molar-refractivity contribution is 5.97. The Kier molecular flexibility index (Phi) is 2.80. The molecule has 0 saturated heterocycles. The normalized spacial score (nSPS) is 19.1. The first-order valence-corrected chi connectivity index (χ1v) is 7.03. The van der Waals surface area contributed by atoms with Crippen LogP contribution in [0.15, 0.2) is 18.2 Å². The third kappa shape index (κ3) is 2.46. The lowest BCUT2D eigenvalue weighted by Crippen LogP contribution is -2.40. The van der Waals surface area contributed by atoms with Gasteiger partial charge in [-0.3, -0.25) is 4.79 Å². The number of benzene rings is 1. The summed E-state index contributed by atoms with van der Waals surface area (Å²) in [6.07, 6.45) is 2.50. The van der Waals surface area contributed by atoms with Crippen LogP contribution in [-0.4, -0.2) is 19.1 Å². The van der Waals surface area contributed by atoms with E-state index in [1.807, 2.05) is 11.0 Å². The molecule has 1 saturated carbocycles. The Balaban J connectivity index is 1.94. The van der Waals surface area contributed by atoms with E-state index < -0.39 is 0 Å². The first-order valence-electron chi connectivity index (χ1n) is 7.03. The van der Waals surface area contributed by atoms with Crippen molar-refractivity contribution >= 4 is 11.6 Å². The lowest BCUT2D eigenvalue weighted by atomic mass is 9.86. The second-order valence-corrected chi connectivity index (χ2v) is 6.67. The number of fused-ring (bicyclic) bond motifs is 1. The number of anilines is 1. The van der Waals surface area contributed by atoms with Crippen LogP contribution in [-0.2, 0) is 10.2 Å². The lowest BCUT2D eigenvalue weighted by Gasteiger charge is -2.31. The van der Waals surface area contributed by atoms with E-state index >= 15 is 0 Å². The monoisotopic (exact) mass is 259 g/mol. The van der Waals surface area contributed by atoms with Crippen LogP contribution >= 0.6 is 0 Å². The highest BCUT2D eigenvalue weighted by Crippen LogP contribution is 2.39. The molecule has 1 heterocycles. The number of carbonyl (C=O) groups is 1. The molecule has 3 nitrogen and oxygen atoms in total. The molecule has 0 N–H and O–H groups in total. The highest BCUT2D eigenvalue weighted by Gasteiger charge is 2.32. The number of carbonyl (C=O) groups excluding carboxylic acids is 1. The largest absolute Gasteiger partial charge is 0.482 e. The molecule has 0 atom stereocenters. The van der Waals surface area contributed by atoms with E-state index in [0.717, 1.165) is 18.0 Å². The molecule has 1 amide bonds. The molecule has 1 aromatic carbocycles. The van der Waals surface area contributed by atoms with Crippen LogP contribution in [0.3, 0.4) is 0 Å². The Morgan fingerprint density at radius 3 is 2.68 bits per heavy atom. The zero-order valence-corrected chi connectivity index (χ0v) is 11.9. The van der Waals surface area contributed by atoms with Gasteiger partial charge in [-0.05, 0) is 41.9 Å². The second kappa shape index (κ2) is 4.26. The van der Waals surface area contributed by atoms with Gasteiger partial charge in [-0.25, -0.2) is 0 Å². The molecule has 0 spiro atoms.